The van der Waals surface area contributed by atoms with E-state index < -0.39 is 5.97 Å². The average molecular weight is 344 g/mol. The summed E-state index contributed by atoms with van der Waals surface area (Å²) in [5.74, 6) is -0.191. The number of para-hydroxylation sites is 4. The van der Waals surface area contributed by atoms with Crippen LogP contribution in [0.15, 0.2) is 91.3 Å². The number of phenolic OH excluding ortho intramolecular Hbond substituents is 1. The van der Waals surface area contributed by atoms with E-state index in [1.807, 2.05) is 30.3 Å². The topological polar surface area (TPSA) is 72.3 Å². The van der Waals surface area contributed by atoms with E-state index >= 15 is 0 Å². The number of esters is 1. The first-order valence-electron chi connectivity index (χ1n) is 7.95. The highest BCUT2D eigenvalue weighted by atomic mass is 16.5. The Labute approximate surface area is 150 Å². The van der Waals surface area contributed by atoms with Crippen molar-refractivity contribution in [2.24, 2.45) is 0 Å². The fourth-order valence-corrected chi connectivity index (χ4v) is 2.21. The summed E-state index contributed by atoms with van der Waals surface area (Å²) in [7, 11) is 0. The van der Waals surface area contributed by atoms with Crippen molar-refractivity contribution in [3.8, 4) is 11.5 Å². The van der Waals surface area contributed by atoms with Crippen molar-refractivity contribution in [1.29, 1.82) is 0 Å². The SMILES string of the molecule is O=C(Oc1ccccc1)c1ccccc1O.c1ccc2nccnc2c1. The molecule has 0 spiro atoms. The summed E-state index contributed by atoms with van der Waals surface area (Å²) in [4.78, 5) is 19.9. The summed E-state index contributed by atoms with van der Waals surface area (Å²) in [6, 6.07) is 22.8. The molecule has 5 heteroatoms. The van der Waals surface area contributed by atoms with Gasteiger partial charge in [0.1, 0.15) is 17.1 Å². The lowest BCUT2D eigenvalue weighted by Gasteiger charge is -2.04. The van der Waals surface area contributed by atoms with Gasteiger partial charge in [-0.3, -0.25) is 9.97 Å². The van der Waals surface area contributed by atoms with Crippen molar-refractivity contribution in [3.63, 3.8) is 0 Å². The molecule has 0 unspecified atom stereocenters. The molecule has 1 heterocycles. The smallest absolute Gasteiger partial charge is 0.347 e. The van der Waals surface area contributed by atoms with Gasteiger partial charge < -0.3 is 9.84 Å². The van der Waals surface area contributed by atoms with Gasteiger partial charge in [0.05, 0.1) is 11.0 Å². The molecule has 3 aromatic carbocycles. The molecule has 0 saturated carbocycles. The predicted octanol–water partition coefficient (Wildman–Crippen LogP) is 4.24. The lowest BCUT2D eigenvalue weighted by Crippen LogP contribution is -2.08. The first kappa shape index (κ1) is 17.1. The summed E-state index contributed by atoms with van der Waals surface area (Å²) in [6.07, 6.45) is 3.39. The molecule has 0 aliphatic rings. The Bertz CT molecular complexity index is 938. The van der Waals surface area contributed by atoms with E-state index in [1.165, 1.54) is 12.1 Å². The predicted molar refractivity (Wildman–Crippen MR) is 99.0 cm³/mol. The Hall–Kier alpha value is -3.73. The Morgan fingerprint density at radius 3 is 1.88 bits per heavy atom. The maximum absolute atomic E-state index is 11.7. The van der Waals surface area contributed by atoms with Crippen molar-refractivity contribution in [2.45, 2.75) is 0 Å². The molecule has 128 valence electrons. The number of phenols is 1. The maximum Gasteiger partial charge on any atom is 0.347 e. The van der Waals surface area contributed by atoms with Gasteiger partial charge in [0.25, 0.3) is 0 Å². The lowest BCUT2D eigenvalue weighted by molar-refractivity contribution is 0.0731. The first-order chi connectivity index (χ1) is 12.7. The van der Waals surface area contributed by atoms with Gasteiger partial charge in [-0.1, -0.05) is 42.5 Å². The molecular formula is C21H16N2O3. The highest BCUT2D eigenvalue weighted by Crippen LogP contribution is 2.18. The second-order valence-corrected chi connectivity index (χ2v) is 5.26. The van der Waals surface area contributed by atoms with Crippen molar-refractivity contribution in [1.82, 2.24) is 9.97 Å². The number of aromatic hydroxyl groups is 1. The third-order valence-corrected chi connectivity index (χ3v) is 3.45. The molecule has 0 fully saturated rings. The summed E-state index contributed by atoms with van der Waals surface area (Å²) in [6.45, 7) is 0. The molecule has 4 rings (SSSR count). The second-order valence-electron chi connectivity index (χ2n) is 5.26. The van der Waals surface area contributed by atoms with Crippen LogP contribution in [-0.4, -0.2) is 21.0 Å². The largest absolute Gasteiger partial charge is 0.507 e. The molecule has 0 amide bonds. The third-order valence-electron chi connectivity index (χ3n) is 3.45. The van der Waals surface area contributed by atoms with Crippen LogP contribution in [0.3, 0.4) is 0 Å². The van der Waals surface area contributed by atoms with E-state index in [2.05, 4.69) is 9.97 Å². The number of fused-ring (bicyclic) bond motifs is 1. The molecule has 0 radical (unpaired) electrons. The van der Waals surface area contributed by atoms with Crippen LogP contribution in [0, 0.1) is 0 Å². The standard InChI is InChI=1S/C13H10O3.C8H6N2/c14-12-9-5-4-8-11(12)13(15)16-10-6-2-1-3-7-10;1-2-4-8-7(3-1)9-5-6-10-8/h1-9,14H;1-6H. The Morgan fingerprint density at radius 1 is 0.731 bits per heavy atom. The third kappa shape index (κ3) is 4.42. The average Bonchev–Trinajstić information content (AvgIpc) is 2.70. The van der Waals surface area contributed by atoms with Crippen LogP contribution < -0.4 is 4.74 Å². The summed E-state index contributed by atoms with van der Waals surface area (Å²) in [5.41, 5.74) is 2.06. The molecule has 0 saturated heterocycles. The minimum Gasteiger partial charge on any atom is -0.507 e. The number of carbonyl (C=O) groups is 1. The van der Waals surface area contributed by atoms with E-state index in [4.69, 9.17) is 4.74 Å². The van der Waals surface area contributed by atoms with Crippen molar-refractivity contribution in [2.75, 3.05) is 0 Å². The normalized spacial score (nSPS) is 9.85. The van der Waals surface area contributed by atoms with Gasteiger partial charge in [-0.25, -0.2) is 4.79 Å². The van der Waals surface area contributed by atoms with Gasteiger partial charge in [-0.2, -0.15) is 0 Å². The summed E-state index contributed by atoms with van der Waals surface area (Å²) >= 11 is 0. The second kappa shape index (κ2) is 8.39. The number of hydrogen-bond donors (Lipinski definition) is 1. The van der Waals surface area contributed by atoms with E-state index in [9.17, 15) is 9.90 Å². The molecule has 0 aliphatic heterocycles. The fourth-order valence-electron chi connectivity index (χ4n) is 2.21. The van der Waals surface area contributed by atoms with E-state index in [-0.39, 0.29) is 11.3 Å². The highest BCUT2D eigenvalue weighted by Gasteiger charge is 2.12. The molecular weight excluding hydrogens is 328 g/mol. The van der Waals surface area contributed by atoms with Crippen molar-refractivity contribution < 1.29 is 14.6 Å². The van der Waals surface area contributed by atoms with E-state index in [0.717, 1.165) is 11.0 Å². The molecule has 0 atom stereocenters. The zero-order valence-corrected chi connectivity index (χ0v) is 13.8. The maximum atomic E-state index is 11.7. The van der Waals surface area contributed by atoms with Gasteiger partial charge in [0.2, 0.25) is 0 Å². The number of ether oxygens (including phenoxy) is 1. The number of rotatable bonds is 2. The molecule has 1 aromatic heterocycles. The molecule has 4 aromatic rings. The van der Waals surface area contributed by atoms with E-state index in [1.54, 1.807) is 48.8 Å². The fraction of sp³-hybridized carbons (Fsp3) is 0. The molecule has 1 N–H and O–H groups in total. The summed E-state index contributed by atoms with van der Waals surface area (Å²) in [5, 5.41) is 9.46. The molecule has 5 nitrogen and oxygen atoms in total. The van der Waals surface area contributed by atoms with Crippen molar-refractivity contribution in [3.05, 3.63) is 96.8 Å². The van der Waals surface area contributed by atoms with Gasteiger partial charge in [0.15, 0.2) is 0 Å². The van der Waals surface area contributed by atoms with Crippen LogP contribution in [-0.2, 0) is 0 Å². The number of carbonyl (C=O) groups excluding carboxylic acids is 1. The lowest BCUT2D eigenvalue weighted by atomic mass is 10.2. The van der Waals surface area contributed by atoms with Crippen LogP contribution in [0.5, 0.6) is 11.5 Å². The first-order valence-corrected chi connectivity index (χ1v) is 7.95. The van der Waals surface area contributed by atoms with Crippen molar-refractivity contribution >= 4 is 17.0 Å². The van der Waals surface area contributed by atoms with Gasteiger partial charge in [-0.05, 0) is 36.4 Å². The Balaban J connectivity index is 0.000000167. The highest BCUT2D eigenvalue weighted by molar-refractivity contribution is 5.93. The monoisotopic (exact) mass is 344 g/mol. The molecule has 0 bridgehead atoms. The number of aromatic nitrogens is 2. The van der Waals surface area contributed by atoms with Gasteiger partial charge in [0, 0.05) is 12.4 Å². The molecule has 0 aliphatic carbocycles. The summed E-state index contributed by atoms with van der Waals surface area (Å²) < 4.78 is 5.08. The van der Waals surface area contributed by atoms with Crippen LogP contribution in [0.2, 0.25) is 0 Å². The van der Waals surface area contributed by atoms with Crippen LogP contribution in [0.25, 0.3) is 11.0 Å². The van der Waals surface area contributed by atoms with Crippen LogP contribution in [0.4, 0.5) is 0 Å². The van der Waals surface area contributed by atoms with Crippen LogP contribution >= 0.6 is 0 Å². The zero-order chi connectivity index (χ0) is 18.2. The number of nitrogens with zero attached hydrogens (tertiary/aromatic N) is 2. The minimum atomic E-state index is -0.565. The Morgan fingerprint density at radius 2 is 1.27 bits per heavy atom. The quantitative estimate of drug-likeness (QED) is 0.435. The van der Waals surface area contributed by atoms with Crippen LogP contribution in [0.1, 0.15) is 10.4 Å². The Kier molecular flexibility index (Phi) is 5.52. The minimum absolute atomic E-state index is 0.0802. The zero-order valence-electron chi connectivity index (χ0n) is 13.8. The molecule has 26 heavy (non-hydrogen) atoms. The van der Waals surface area contributed by atoms with Gasteiger partial charge >= 0.3 is 5.97 Å². The number of hydrogen-bond acceptors (Lipinski definition) is 5. The number of benzene rings is 3. The van der Waals surface area contributed by atoms with Gasteiger partial charge in [-0.15, -0.1) is 0 Å². The van der Waals surface area contributed by atoms with E-state index in [0.29, 0.717) is 5.75 Å².